The first-order valence-electron chi connectivity index (χ1n) is 5.45. The van der Waals surface area contributed by atoms with Crippen molar-refractivity contribution in [1.82, 2.24) is 4.98 Å². The third-order valence-electron chi connectivity index (χ3n) is 2.45. The van der Waals surface area contributed by atoms with Gasteiger partial charge in [-0.3, -0.25) is 14.9 Å². The molecule has 20 heavy (non-hydrogen) atoms. The molecule has 1 aromatic heterocycles. The second kappa shape index (κ2) is 5.31. The Hall–Kier alpha value is -3.03. The van der Waals surface area contributed by atoms with E-state index < -0.39 is 28.0 Å². The second-order valence-electron chi connectivity index (χ2n) is 3.82. The number of hydrogen-bond acceptors (Lipinski definition) is 5. The molecule has 0 spiro atoms. The monoisotopic (exact) mass is 276 g/mol. The van der Waals surface area contributed by atoms with Crippen LogP contribution in [0.4, 0.5) is 21.5 Å². The zero-order valence-electron chi connectivity index (χ0n) is 10.0. The fourth-order valence-corrected chi connectivity index (χ4v) is 1.51. The quantitative estimate of drug-likeness (QED) is 0.657. The van der Waals surface area contributed by atoms with Crippen LogP contribution in [0.15, 0.2) is 36.5 Å². The van der Waals surface area contributed by atoms with Crippen molar-refractivity contribution in [3.63, 3.8) is 0 Å². The van der Waals surface area contributed by atoms with E-state index in [1.165, 1.54) is 24.4 Å². The van der Waals surface area contributed by atoms with E-state index in [4.69, 9.17) is 5.73 Å². The number of rotatable bonds is 3. The number of nitro groups is 1. The van der Waals surface area contributed by atoms with E-state index in [1.54, 1.807) is 0 Å². The summed E-state index contributed by atoms with van der Waals surface area (Å²) in [6.07, 6.45) is 1.25. The third-order valence-corrected chi connectivity index (χ3v) is 2.45. The number of amides is 1. The zero-order valence-corrected chi connectivity index (χ0v) is 10.0. The number of halogens is 1. The Balaban J connectivity index is 2.32. The van der Waals surface area contributed by atoms with Crippen molar-refractivity contribution in [2.75, 3.05) is 11.1 Å². The number of nitrogens with one attached hydrogen (secondary N) is 1. The van der Waals surface area contributed by atoms with Crippen LogP contribution in [0.2, 0.25) is 0 Å². The van der Waals surface area contributed by atoms with Crippen LogP contribution in [0.5, 0.6) is 0 Å². The molecule has 0 aliphatic heterocycles. The van der Waals surface area contributed by atoms with Crippen LogP contribution in [0.1, 0.15) is 10.5 Å². The Labute approximate surface area is 112 Å². The van der Waals surface area contributed by atoms with Crippen LogP contribution in [0, 0.1) is 15.9 Å². The summed E-state index contributed by atoms with van der Waals surface area (Å²) in [6.45, 7) is 0. The molecule has 2 aromatic rings. The molecule has 0 fully saturated rings. The van der Waals surface area contributed by atoms with Gasteiger partial charge in [-0.05, 0) is 18.2 Å². The van der Waals surface area contributed by atoms with Gasteiger partial charge in [0.25, 0.3) is 11.6 Å². The lowest BCUT2D eigenvalue weighted by molar-refractivity contribution is -0.384. The standard InChI is InChI=1S/C12H9FN4O3/c13-8-2-1-3-10(17(19)20)11(8)16-12(18)9-5-4-7(14)6-15-9/h1-6H,14H2,(H,16,18). The van der Waals surface area contributed by atoms with Gasteiger partial charge in [-0.15, -0.1) is 0 Å². The second-order valence-corrected chi connectivity index (χ2v) is 3.82. The molecule has 0 aliphatic rings. The Morgan fingerprint density at radius 1 is 1.35 bits per heavy atom. The third kappa shape index (κ3) is 2.69. The summed E-state index contributed by atoms with van der Waals surface area (Å²) < 4.78 is 13.6. The number of nitrogen functional groups attached to an aromatic ring is 1. The number of aromatic nitrogens is 1. The molecular formula is C12H9FN4O3. The van der Waals surface area contributed by atoms with E-state index in [0.29, 0.717) is 5.69 Å². The molecule has 3 N–H and O–H groups in total. The number of benzene rings is 1. The molecule has 1 amide bonds. The van der Waals surface area contributed by atoms with Crippen molar-refractivity contribution < 1.29 is 14.1 Å². The minimum absolute atomic E-state index is 0.0308. The predicted octanol–water partition coefficient (Wildman–Crippen LogP) is 1.96. The first-order valence-corrected chi connectivity index (χ1v) is 5.45. The number of hydrogen-bond donors (Lipinski definition) is 2. The summed E-state index contributed by atoms with van der Waals surface area (Å²) in [5.41, 5.74) is 4.72. The lowest BCUT2D eigenvalue weighted by Crippen LogP contribution is -2.15. The van der Waals surface area contributed by atoms with Gasteiger partial charge in [-0.2, -0.15) is 0 Å². The van der Waals surface area contributed by atoms with Crippen molar-refractivity contribution in [2.45, 2.75) is 0 Å². The smallest absolute Gasteiger partial charge is 0.295 e. The number of para-hydroxylation sites is 1. The van der Waals surface area contributed by atoms with Crippen LogP contribution in [-0.4, -0.2) is 15.8 Å². The largest absolute Gasteiger partial charge is 0.397 e. The SMILES string of the molecule is Nc1ccc(C(=O)Nc2c(F)cccc2[N+](=O)[O-])nc1. The summed E-state index contributed by atoms with van der Waals surface area (Å²) in [5, 5.41) is 12.9. The maximum Gasteiger partial charge on any atom is 0.295 e. The van der Waals surface area contributed by atoms with Crippen molar-refractivity contribution in [2.24, 2.45) is 0 Å². The number of pyridine rings is 1. The molecule has 0 bridgehead atoms. The molecule has 102 valence electrons. The minimum atomic E-state index is -0.900. The van der Waals surface area contributed by atoms with Gasteiger partial charge in [0.05, 0.1) is 16.8 Å². The minimum Gasteiger partial charge on any atom is -0.397 e. The van der Waals surface area contributed by atoms with Gasteiger partial charge in [0.15, 0.2) is 11.5 Å². The van der Waals surface area contributed by atoms with Crippen LogP contribution in [-0.2, 0) is 0 Å². The Morgan fingerprint density at radius 2 is 2.10 bits per heavy atom. The number of anilines is 2. The molecule has 2 rings (SSSR count). The van der Waals surface area contributed by atoms with Gasteiger partial charge in [0.1, 0.15) is 5.69 Å². The van der Waals surface area contributed by atoms with Gasteiger partial charge >= 0.3 is 0 Å². The summed E-state index contributed by atoms with van der Waals surface area (Å²) in [5.74, 6) is -1.67. The number of carbonyl (C=O) groups is 1. The normalized spacial score (nSPS) is 10.1. The molecule has 1 aromatic carbocycles. The summed E-state index contributed by atoms with van der Waals surface area (Å²) in [7, 11) is 0. The highest BCUT2D eigenvalue weighted by molar-refractivity contribution is 6.04. The van der Waals surface area contributed by atoms with Crippen molar-refractivity contribution in [3.05, 3.63) is 58.2 Å². The molecule has 0 aliphatic carbocycles. The van der Waals surface area contributed by atoms with Crippen molar-refractivity contribution in [3.8, 4) is 0 Å². The van der Waals surface area contributed by atoms with E-state index in [9.17, 15) is 19.3 Å². The molecular weight excluding hydrogens is 267 g/mol. The predicted molar refractivity (Wildman–Crippen MR) is 69.7 cm³/mol. The van der Waals surface area contributed by atoms with E-state index in [-0.39, 0.29) is 5.69 Å². The Morgan fingerprint density at radius 3 is 2.70 bits per heavy atom. The maximum atomic E-state index is 13.6. The average Bonchev–Trinajstić information content (AvgIpc) is 2.41. The lowest BCUT2D eigenvalue weighted by Gasteiger charge is -2.06. The van der Waals surface area contributed by atoms with E-state index in [0.717, 1.165) is 12.1 Å². The first-order chi connectivity index (χ1) is 9.49. The highest BCUT2D eigenvalue weighted by Gasteiger charge is 2.20. The molecule has 0 atom stereocenters. The van der Waals surface area contributed by atoms with E-state index in [1.807, 2.05) is 0 Å². The zero-order chi connectivity index (χ0) is 14.7. The first kappa shape index (κ1) is 13.4. The number of nitro benzene ring substituents is 1. The topological polar surface area (TPSA) is 111 Å². The van der Waals surface area contributed by atoms with Crippen molar-refractivity contribution >= 4 is 23.0 Å². The molecule has 0 saturated carbocycles. The number of nitrogens with zero attached hydrogens (tertiary/aromatic N) is 2. The number of carbonyl (C=O) groups excluding carboxylic acids is 1. The Bertz CT molecular complexity index is 673. The van der Waals surface area contributed by atoms with Crippen LogP contribution >= 0.6 is 0 Å². The fraction of sp³-hybridized carbons (Fsp3) is 0. The van der Waals surface area contributed by atoms with Crippen LogP contribution < -0.4 is 11.1 Å². The highest BCUT2D eigenvalue weighted by Crippen LogP contribution is 2.27. The van der Waals surface area contributed by atoms with Gasteiger partial charge in [0, 0.05) is 6.07 Å². The van der Waals surface area contributed by atoms with Gasteiger partial charge in [-0.25, -0.2) is 9.37 Å². The molecule has 8 heteroatoms. The van der Waals surface area contributed by atoms with Crippen LogP contribution in [0.25, 0.3) is 0 Å². The van der Waals surface area contributed by atoms with Gasteiger partial charge in [-0.1, -0.05) is 6.07 Å². The Kier molecular flexibility index (Phi) is 3.56. The van der Waals surface area contributed by atoms with Crippen LogP contribution in [0.3, 0.4) is 0 Å². The molecule has 0 radical (unpaired) electrons. The summed E-state index contributed by atoms with van der Waals surface area (Å²) in [6, 6.07) is 6.06. The summed E-state index contributed by atoms with van der Waals surface area (Å²) in [4.78, 5) is 25.6. The maximum absolute atomic E-state index is 13.6. The summed E-state index contributed by atoms with van der Waals surface area (Å²) >= 11 is 0. The highest BCUT2D eigenvalue weighted by atomic mass is 19.1. The van der Waals surface area contributed by atoms with E-state index in [2.05, 4.69) is 10.3 Å². The molecule has 0 unspecified atom stereocenters. The molecule has 1 heterocycles. The molecule has 7 nitrogen and oxygen atoms in total. The van der Waals surface area contributed by atoms with Gasteiger partial charge < -0.3 is 11.1 Å². The van der Waals surface area contributed by atoms with E-state index >= 15 is 0 Å². The average molecular weight is 276 g/mol. The number of nitrogens with two attached hydrogens (primary N) is 1. The van der Waals surface area contributed by atoms with Gasteiger partial charge in [0.2, 0.25) is 0 Å². The molecule has 0 saturated heterocycles. The fourth-order valence-electron chi connectivity index (χ4n) is 1.51. The lowest BCUT2D eigenvalue weighted by atomic mass is 10.2. The van der Waals surface area contributed by atoms with Crippen molar-refractivity contribution in [1.29, 1.82) is 0 Å².